The second-order valence-corrected chi connectivity index (χ2v) is 6.79. The Morgan fingerprint density at radius 3 is 1.06 bits per heavy atom. The molecule has 0 aromatic rings. The number of rotatable bonds is 10. The van der Waals surface area contributed by atoms with Crippen LogP contribution in [0.5, 0.6) is 0 Å². The normalized spacial score (nSPS) is 15.5. The van der Waals surface area contributed by atoms with Crippen molar-refractivity contribution in [2.75, 3.05) is 0 Å². The van der Waals surface area contributed by atoms with Gasteiger partial charge in [-0.25, -0.2) is 0 Å². The zero-order chi connectivity index (χ0) is 13.3. The Labute approximate surface area is 111 Å². The van der Waals surface area contributed by atoms with Crippen LogP contribution < -0.4 is 0 Å². The maximum absolute atomic E-state index is 2.40. The standard InChI is InChI=1S/C17H36/c1-14(2)16(5)12-10-8-7-9-11-13-17(6)15(3)4/h14-17H,7-13H2,1-6H3. The third kappa shape index (κ3) is 9.68. The first-order valence-electron chi connectivity index (χ1n) is 7.95. The highest BCUT2D eigenvalue weighted by molar-refractivity contribution is 4.59. The molecule has 0 aromatic heterocycles. The first-order chi connectivity index (χ1) is 7.95. The maximum atomic E-state index is 2.40. The average Bonchev–Trinajstić information content (AvgIpc) is 2.26. The summed E-state index contributed by atoms with van der Waals surface area (Å²) in [5.41, 5.74) is 0. The van der Waals surface area contributed by atoms with Crippen molar-refractivity contribution in [1.82, 2.24) is 0 Å². The number of hydrogen-bond donors (Lipinski definition) is 0. The van der Waals surface area contributed by atoms with Crippen molar-refractivity contribution in [1.29, 1.82) is 0 Å². The Hall–Kier alpha value is 0. The van der Waals surface area contributed by atoms with Gasteiger partial charge in [-0.05, 0) is 23.7 Å². The molecule has 0 bridgehead atoms. The molecule has 0 aliphatic carbocycles. The van der Waals surface area contributed by atoms with Crippen LogP contribution in [0.4, 0.5) is 0 Å². The van der Waals surface area contributed by atoms with Crippen LogP contribution in [0.15, 0.2) is 0 Å². The van der Waals surface area contributed by atoms with E-state index in [0.717, 1.165) is 23.7 Å². The van der Waals surface area contributed by atoms with Crippen LogP contribution in [-0.4, -0.2) is 0 Å². The molecule has 17 heavy (non-hydrogen) atoms. The van der Waals surface area contributed by atoms with Crippen molar-refractivity contribution in [2.45, 2.75) is 86.5 Å². The number of unbranched alkanes of at least 4 members (excludes halogenated alkanes) is 4. The minimum Gasteiger partial charge on any atom is -0.0625 e. The Morgan fingerprint density at radius 2 is 0.765 bits per heavy atom. The Kier molecular flexibility index (Phi) is 9.97. The van der Waals surface area contributed by atoms with Crippen molar-refractivity contribution in [3.05, 3.63) is 0 Å². The summed E-state index contributed by atoms with van der Waals surface area (Å²) < 4.78 is 0. The van der Waals surface area contributed by atoms with Crippen molar-refractivity contribution in [3.8, 4) is 0 Å². The monoisotopic (exact) mass is 240 g/mol. The molecule has 0 nitrogen and oxygen atoms in total. The highest BCUT2D eigenvalue weighted by atomic mass is 14.1. The summed E-state index contributed by atoms with van der Waals surface area (Å²) in [5, 5.41) is 0. The van der Waals surface area contributed by atoms with Gasteiger partial charge >= 0.3 is 0 Å². The molecule has 0 aliphatic rings. The molecule has 0 spiro atoms. The lowest BCUT2D eigenvalue weighted by molar-refractivity contribution is 0.363. The maximum Gasteiger partial charge on any atom is -0.0420 e. The summed E-state index contributed by atoms with van der Waals surface area (Å²) in [7, 11) is 0. The van der Waals surface area contributed by atoms with Crippen LogP contribution in [0.1, 0.15) is 86.5 Å². The molecule has 0 heterocycles. The summed E-state index contributed by atoms with van der Waals surface area (Å²) >= 11 is 0. The van der Waals surface area contributed by atoms with Crippen LogP contribution >= 0.6 is 0 Å². The minimum atomic E-state index is 0.863. The van der Waals surface area contributed by atoms with Gasteiger partial charge in [0, 0.05) is 0 Å². The molecule has 0 aliphatic heterocycles. The lowest BCUT2D eigenvalue weighted by Gasteiger charge is -2.16. The lowest BCUT2D eigenvalue weighted by Crippen LogP contribution is -2.04. The molecule has 2 unspecified atom stereocenters. The SMILES string of the molecule is CC(C)C(C)CCCCCCCC(C)C(C)C. The third-order valence-corrected chi connectivity index (χ3v) is 4.60. The molecule has 0 aromatic carbocycles. The largest absolute Gasteiger partial charge is 0.0625 e. The fourth-order valence-electron chi connectivity index (χ4n) is 2.13. The van der Waals surface area contributed by atoms with E-state index < -0.39 is 0 Å². The van der Waals surface area contributed by atoms with Gasteiger partial charge in [0.15, 0.2) is 0 Å². The second kappa shape index (κ2) is 9.97. The zero-order valence-corrected chi connectivity index (χ0v) is 13.3. The Bertz CT molecular complexity index is 139. The van der Waals surface area contributed by atoms with Crippen molar-refractivity contribution in [3.63, 3.8) is 0 Å². The fraction of sp³-hybridized carbons (Fsp3) is 1.00. The number of hydrogen-bond acceptors (Lipinski definition) is 0. The average molecular weight is 240 g/mol. The predicted octanol–water partition coefficient (Wildman–Crippen LogP) is 6.30. The topological polar surface area (TPSA) is 0 Å². The molecule has 0 fully saturated rings. The smallest absolute Gasteiger partial charge is 0.0420 e. The van der Waals surface area contributed by atoms with Gasteiger partial charge in [-0.15, -0.1) is 0 Å². The van der Waals surface area contributed by atoms with Gasteiger partial charge in [-0.2, -0.15) is 0 Å². The van der Waals surface area contributed by atoms with Crippen molar-refractivity contribution >= 4 is 0 Å². The molecule has 0 rings (SSSR count). The molecule has 0 saturated heterocycles. The molecule has 0 amide bonds. The highest BCUT2D eigenvalue weighted by Crippen LogP contribution is 2.20. The van der Waals surface area contributed by atoms with Crippen molar-refractivity contribution in [2.24, 2.45) is 23.7 Å². The zero-order valence-electron chi connectivity index (χ0n) is 13.3. The summed E-state index contributed by atoms with van der Waals surface area (Å²) in [4.78, 5) is 0. The molecule has 0 heteroatoms. The van der Waals surface area contributed by atoms with Crippen molar-refractivity contribution < 1.29 is 0 Å². The van der Waals surface area contributed by atoms with Crippen LogP contribution in [0, 0.1) is 23.7 Å². The van der Waals surface area contributed by atoms with Crippen LogP contribution in [-0.2, 0) is 0 Å². The molecular weight excluding hydrogens is 204 g/mol. The fourth-order valence-corrected chi connectivity index (χ4v) is 2.13. The Balaban J connectivity index is 3.24. The van der Waals surface area contributed by atoms with Gasteiger partial charge in [-0.3, -0.25) is 0 Å². The Morgan fingerprint density at radius 1 is 0.471 bits per heavy atom. The molecule has 0 N–H and O–H groups in total. The predicted molar refractivity (Wildman–Crippen MR) is 80.3 cm³/mol. The second-order valence-electron chi connectivity index (χ2n) is 6.79. The molecule has 0 saturated carbocycles. The van der Waals surface area contributed by atoms with E-state index in [1.54, 1.807) is 0 Å². The van der Waals surface area contributed by atoms with E-state index in [-0.39, 0.29) is 0 Å². The summed E-state index contributed by atoms with van der Waals surface area (Å²) in [6, 6.07) is 0. The van der Waals surface area contributed by atoms with E-state index >= 15 is 0 Å². The first-order valence-corrected chi connectivity index (χ1v) is 7.95. The molecule has 104 valence electrons. The van der Waals surface area contributed by atoms with Gasteiger partial charge in [-0.1, -0.05) is 86.5 Å². The summed E-state index contributed by atoms with van der Waals surface area (Å²) in [6.07, 6.45) is 10.1. The minimum absolute atomic E-state index is 0.863. The van der Waals surface area contributed by atoms with E-state index in [1.165, 1.54) is 44.9 Å². The van der Waals surface area contributed by atoms with E-state index in [0.29, 0.717) is 0 Å². The summed E-state index contributed by atoms with van der Waals surface area (Å²) in [6.45, 7) is 14.2. The molecular formula is C17H36. The van der Waals surface area contributed by atoms with Gasteiger partial charge in [0.2, 0.25) is 0 Å². The van der Waals surface area contributed by atoms with E-state index in [9.17, 15) is 0 Å². The van der Waals surface area contributed by atoms with E-state index in [1.807, 2.05) is 0 Å². The van der Waals surface area contributed by atoms with Crippen LogP contribution in [0.3, 0.4) is 0 Å². The first kappa shape index (κ1) is 17.0. The van der Waals surface area contributed by atoms with Gasteiger partial charge in [0.25, 0.3) is 0 Å². The third-order valence-electron chi connectivity index (χ3n) is 4.60. The van der Waals surface area contributed by atoms with Crippen LogP contribution in [0.25, 0.3) is 0 Å². The van der Waals surface area contributed by atoms with E-state index in [2.05, 4.69) is 41.5 Å². The van der Waals surface area contributed by atoms with Gasteiger partial charge < -0.3 is 0 Å². The highest BCUT2D eigenvalue weighted by Gasteiger charge is 2.07. The van der Waals surface area contributed by atoms with Gasteiger partial charge in [0.05, 0.1) is 0 Å². The van der Waals surface area contributed by atoms with E-state index in [4.69, 9.17) is 0 Å². The molecule has 2 atom stereocenters. The lowest BCUT2D eigenvalue weighted by atomic mass is 9.91. The van der Waals surface area contributed by atoms with Crippen LogP contribution in [0.2, 0.25) is 0 Å². The molecule has 0 radical (unpaired) electrons. The summed E-state index contributed by atoms with van der Waals surface area (Å²) in [5.74, 6) is 3.55. The van der Waals surface area contributed by atoms with Gasteiger partial charge in [0.1, 0.15) is 0 Å². The quantitative estimate of drug-likeness (QED) is 0.393.